The maximum atomic E-state index is 12.3. The number of carbonyl (C=O) groups is 2. The van der Waals surface area contributed by atoms with E-state index in [9.17, 15) is 9.59 Å². The molecule has 2 aliphatic rings. The fourth-order valence-corrected chi connectivity index (χ4v) is 3.11. The fraction of sp³-hybridized carbons (Fsp3) is 0.846. The summed E-state index contributed by atoms with van der Waals surface area (Å²) in [7, 11) is 0. The molecule has 1 saturated carbocycles. The molecular weight excluding hydrogens is 218 g/mol. The standard InChI is InChI=1S/C13H21NO3/c1-3-9-6-8(2)7-14(9)12(15)10-4-5-11(10)13(16)17/h8-11H,3-7H2,1-2H3,(H,16,17). The number of likely N-dealkylation sites (tertiary alicyclic amines) is 1. The number of amides is 1. The Morgan fingerprint density at radius 3 is 2.41 bits per heavy atom. The van der Waals surface area contributed by atoms with Crippen LogP contribution in [-0.4, -0.2) is 34.5 Å². The summed E-state index contributed by atoms with van der Waals surface area (Å²) >= 11 is 0. The predicted octanol–water partition coefficient (Wildman–Crippen LogP) is 1.74. The molecule has 1 saturated heterocycles. The monoisotopic (exact) mass is 239 g/mol. The Labute approximate surface area is 102 Å². The highest BCUT2D eigenvalue weighted by Crippen LogP contribution is 2.38. The Bertz CT molecular complexity index is 329. The summed E-state index contributed by atoms with van der Waals surface area (Å²) in [6.07, 6.45) is 3.44. The normalized spacial score (nSPS) is 36.7. The van der Waals surface area contributed by atoms with Gasteiger partial charge in [-0.05, 0) is 31.6 Å². The third-order valence-corrected chi connectivity index (χ3v) is 4.29. The number of carboxylic acids is 1. The second kappa shape index (κ2) is 4.67. The molecule has 0 aromatic carbocycles. The van der Waals surface area contributed by atoms with Crippen LogP contribution in [0.2, 0.25) is 0 Å². The van der Waals surface area contributed by atoms with Crippen LogP contribution >= 0.6 is 0 Å². The van der Waals surface area contributed by atoms with Gasteiger partial charge in [0.15, 0.2) is 0 Å². The summed E-state index contributed by atoms with van der Waals surface area (Å²) in [5.74, 6) is -0.871. The molecule has 1 aliphatic heterocycles. The van der Waals surface area contributed by atoms with Crippen molar-refractivity contribution in [1.29, 1.82) is 0 Å². The third kappa shape index (κ3) is 2.17. The molecule has 1 aliphatic carbocycles. The fourth-order valence-electron chi connectivity index (χ4n) is 3.11. The lowest BCUT2D eigenvalue weighted by atomic mass is 9.73. The molecular formula is C13H21NO3. The van der Waals surface area contributed by atoms with Gasteiger partial charge in [0.1, 0.15) is 0 Å². The van der Waals surface area contributed by atoms with E-state index in [1.54, 1.807) is 0 Å². The predicted molar refractivity (Wildman–Crippen MR) is 63.4 cm³/mol. The van der Waals surface area contributed by atoms with Crippen LogP contribution in [0.1, 0.15) is 39.5 Å². The quantitative estimate of drug-likeness (QED) is 0.816. The summed E-state index contributed by atoms with van der Waals surface area (Å²) in [5.41, 5.74) is 0. The molecule has 1 heterocycles. The van der Waals surface area contributed by atoms with Gasteiger partial charge in [0.25, 0.3) is 0 Å². The Balaban J connectivity index is 2.02. The van der Waals surface area contributed by atoms with E-state index in [1.165, 1.54) is 0 Å². The van der Waals surface area contributed by atoms with E-state index in [0.717, 1.165) is 25.8 Å². The van der Waals surface area contributed by atoms with E-state index in [-0.39, 0.29) is 11.8 Å². The van der Waals surface area contributed by atoms with Crippen molar-refractivity contribution in [2.45, 2.75) is 45.6 Å². The lowest BCUT2D eigenvalue weighted by molar-refractivity contribution is -0.157. The molecule has 0 aromatic heterocycles. The lowest BCUT2D eigenvalue weighted by Crippen LogP contribution is -2.47. The van der Waals surface area contributed by atoms with Crippen LogP contribution in [0.4, 0.5) is 0 Å². The van der Waals surface area contributed by atoms with E-state index >= 15 is 0 Å². The molecule has 4 unspecified atom stereocenters. The van der Waals surface area contributed by atoms with Crippen LogP contribution in [0, 0.1) is 17.8 Å². The molecule has 4 nitrogen and oxygen atoms in total. The molecule has 1 amide bonds. The SMILES string of the molecule is CCC1CC(C)CN1C(=O)C1CCC1C(=O)O. The molecule has 2 rings (SSSR count). The molecule has 17 heavy (non-hydrogen) atoms. The maximum Gasteiger partial charge on any atom is 0.307 e. The van der Waals surface area contributed by atoms with E-state index in [2.05, 4.69) is 13.8 Å². The van der Waals surface area contributed by atoms with Crippen molar-refractivity contribution in [3.63, 3.8) is 0 Å². The molecule has 2 fully saturated rings. The number of rotatable bonds is 3. The van der Waals surface area contributed by atoms with Crippen LogP contribution < -0.4 is 0 Å². The highest BCUT2D eigenvalue weighted by molar-refractivity contribution is 5.86. The highest BCUT2D eigenvalue weighted by atomic mass is 16.4. The number of nitrogens with zero attached hydrogens (tertiary/aromatic N) is 1. The summed E-state index contributed by atoms with van der Waals surface area (Å²) in [6.45, 7) is 5.06. The summed E-state index contributed by atoms with van der Waals surface area (Å²) in [5, 5.41) is 9.00. The molecule has 0 bridgehead atoms. The summed E-state index contributed by atoms with van der Waals surface area (Å²) < 4.78 is 0. The van der Waals surface area contributed by atoms with Gasteiger partial charge in [-0.2, -0.15) is 0 Å². The maximum absolute atomic E-state index is 12.3. The van der Waals surface area contributed by atoms with Crippen molar-refractivity contribution in [3.05, 3.63) is 0 Å². The first-order valence-corrected chi connectivity index (χ1v) is 6.57. The average molecular weight is 239 g/mol. The zero-order valence-corrected chi connectivity index (χ0v) is 10.6. The van der Waals surface area contributed by atoms with Crippen molar-refractivity contribution in [1.82, 2.24) is 4.90 Å². The number of hydrogen-bond acceptors (Lipinski definition) is 2. The molecule has 4 heteroatoms. The van der Waals surface area contributed by atoms with E-state index in [0.29, 0.717) is 18.4 Å². The van der Waals surface area contributed by atoms with E-state index in [4.69, 9.17) is 5.11 Å². The van der Waals surface area contributed by atoms with Gasteiger partial charge in [-0.3, -0.25) is 9.59 Å². The Hall–Kier alpha value is -1.06. The molecule has 0 spiro atoms. The zero-order chi connectivity index (χ0) is 12.6. The van der Waals surface area contributed by atoms with Gasteiger partial charge in [-0.15, -0.1) is 0 Å². The molecule has 96 valence electrons. The van der Waals surface area contributed by atoms with Crippen molar-refractivity contribution < 1.29 is 14.7 Å². The first kappa shape index (κ1) is 12.4. The van der Waals surface area contributed by atoms with Gasteiger partial charge >= 0.3 is 5.97 Å². The van der Waals surface area contributed by atoms with Crippen LogP contribution in [0.15, 0.2) is 0 Å². The average Bonchev–Trinajstić information content (AvgIpc) is 2.56. The number of carbonyl (C=O) groups excluding carboxylic acids is 1. The van der Waals surface area contributed by atoms with Crippen LogP contribution in [0.25, 0.3) is 0 Å². The second-order valence-electron chi connectivity index (χ2n) is 5.52. The molecule has 4 atom stereocenters. The highest BCUT2D eigenvalue weighted by Gasteiger charge is 2.45. The number of carboxylic acid groups (broad SMARTS) is 1. The Kier molecular flexibility index (Phi) is 3.40. The van der Waals surface area contributed by atoms with E-state index < -0.39 is 11.9 Å². The molecule has 0 radical (unpaired) electrons. The minimum absolute atomic E-state index is 0.0832. The summed E-state index contributed by atoms with van der Waals surface area (Å²) in [6, 6.07) is 0.326. The Morgan fingerprint density at radius 2 is 1.94 bits per heavy atom. The van der Waals surface area contributed by atoms with Crippen molar-refractivity contribution in [2.24, 2.45) is 17.8 Å². The van der Waals surface area contributed by atoms with Gasteiger partial charge in [-0.1, -0.05) is 13.8 Å². The second-order valence-corrected chi connectivity index (χ2v) is 5.52. The van der Waals surface area contributed by atoms with Gasteiger partial charge in [0.05, 0.1) is 11.8 Å². The minimum atomic E-state index is -0.810. The summed E-state index contributed by atoms with van der Waals surface area (Å²) in [4.78, 5) is 25.2. The van der Waals surface area contributed by atoms with Crippen LogP contribution in [0.5, 0.6) is 0 Å². The van der Waals surface area contributed by atoms with Crippen LogP contribution in [0.3, 0.4) is 0 Å². The topological polar surface area (TPSA) is 57.6 Å². The number of hydrogen-bond donors (Lipinski definition) is 1. The Morgan fingerprint density at radius 1 is 1.29 bits per heavy atom. The van der Waals surface area contributed by atoms with Gasteiger partial charge in [-0.25, -0.2) is 0 Å². The minimum Gasteiger partial charge on any atom is -0.481 e. The molecule has 0 aromatic rings. The van der Waals surface area contributed by atoms with Gasteiger partial charge in [0.2, 0.25) is 5.91 Å². The van der Waals surface area contributed by atoms with Crippen molar-refractivity contribution in [2.75, 3.05) is 6.54 Å². The third-order valence-electron chi connectivity index (χ3n) is 4.29. The largest absolute Gasteiger partial charge is 0.481 e. The number of aliphatic carboxylic acids is 1. The van der Waals surface area contributed by atoms with E-state index in [1.807, 2.05) is 4.90 Å². The van der Waals surface area contributed by atoms with Gasteiger partial charge < -0.3 is 10.0 Å². The van der Waals surface area contributed by atoms with Crippen molar-refractivity contribution >= 4 is 11.9 Å². The van der Waals surface area contributed by atoms with Crippen LogP contribution in [-0.2, 0) is 9.59 Å². The first-order valence-electron chi connectivity index (χ1n) is 6.57. The molecule has 1 N–H and O–H groups in total. The lowest BCUT2D eigenvalue weighted by Gasteiger charge is -2.37. The smallest absolute Gasteiger partial charge is 0.307 e. The first-order chi connectivity index (χ1) is 8.04. The van der Waals surface area contributed by atoms with Gasteiger partial charge in [0, 0.05) is 12.6 Å². The van der Waals surface area contributed by atoms with Crippen molar-refractivity contribution in [3.8, 4) is 0 Å². The zero-order valence-electron chi connectivity index (χ0n) is 10.6.